The van der Waals surface area contributed by atoms with Gasteiger partial charge in [-0.05, 0) is 31.0 Å². The predicted molar refractivity (Wildman–Crippen MR) is 90.7 cm³/mol. The first kappa shape index (κ1) is 16.5. The Morgan fingerprint density at radius 3 is 2.71 bits per heavy atom. The van der Waals surface area contributed by atoms with Crippen molar-refractivity contribution < 1.29 is 14.1 Å². The first-order valence-electron chi connectivity index (χ1n) is 7.05. The molecule has 1 aliphatic rings. The minimum Gasteiger partial charge on any atom is -0.463 e. The van der Waals surface area contributed by atoms with Gasteiger partial charge in [-0.1, -0.05) is 17.7 Å². The standard InChI is InChI=1S/C15H13ClN4O3S/c16-10-5-8(1-4-13(10)24(23)9-2-3-9)11-6-12(19-7-18-11)14(17)20-15(21)22/h1,4-7,9H,2-3H2,(H2,17,20)(H,21,22). The lowest BCUT2D eigenvalue weighted by Crippen LogP contribution is -2.17. The molecule has 3 rings (SSSR count). The molecule has 1 aliphatic carbocycles. The molecule has 1 fully saturated rings. The zero-order chi connectivity index (χ0) is 17.3. The molecule has 0 aliphatic heterocycles. The third kappa shape index (κ3) is 3.60. The van der Waals surface area contributed by atoms with E-state index >= 15 is 0 Å². The molecule has 2 aromatic rings. The van der Waals surface area contributed by atoms with Gasteiger partial charge in [-0.15, -0.1) is 0 Å². The van der Waals surface area contributed by atoms with Crippen molar-refractivity contribution in [2.45, 2.75) is 23.0 Å². The smallest absolute Gasteiger partial charge is 0.433 e. The number of nitrogens with two attached hydrogens (primary N) is 1. The molecule has 1 unspecified atom stereocenters. The van der Waals surface area contributed by atoms with E-state index in [1.165, 1.54) is 12.4 Å². The Morgan fingerprint density at radius 1 is 1.33 bits per heavy atom. The summed E-state index contributed by atoms with van der Waals surface area (Å²) in [5.74, 6) is -0.219. The molecule has 9 heteroatoms. The highest BCUT2D eigenvalue weighted by Crippen LogP contribution is 2.34. The van der Waals surface area contributed by atoms with Crippen molar-refractivity contribution in [2.24, 2.45) is 10.7 Å². The van der Waals surface area contributed by atoms with E-state index in [-0.39, 0.29) is 16.8 Å². The zero-order valence-corrected chi connectivity index (χ0v) is 13.9. The van der Waals surface area contributed by atoms with Crippen LogP contribution >= 0.6 is 11.6 Å². The number of benzene rings is 1. The Kier molecular flexibility index (Phi) is 4.59. The van der Waals surface area contributed by atoms with Crippen LogP contribution in [-0.4, -0.2) is 36.5 Å². The fraction of sp³-hybridized carbons (Fsp3) is 0.200. The summed E-state index contributed by atoms with van der Waals surface area (Å²) >= 11 is 6.25. The maximum absolute atomic E-state index is 12.2. The van der Waals surface area contributed by atoms with Crippen molar-refractivity contribution in [1.82, 2.24) is 9.97 Å². The summed E-state index contributed by atoms with van der Waals surface area (Å²) in [6.07, 6.45) is 1.78. The Labute approximate surface area is 145 Å². The van der Waals surface area contributed by atoms with E-state index in [1.54, 1.807) is 18.2 Å². The third-order valence-corrected chi connectivity index (χ3v) is 5.71. The summed E-state index contributed by atoms with van der Waals surface area (Å²) in [4.78, 5) is 22.5. The maximum atomic E-state index is 12.2. The normalized spacial score (nSPS) is 16.0. The molecule has 0 saturated heterocycles. The Bertz CT molecular complexity index is 868. The molecule has 124 valence electrons. The van der Waals surface area contributed by atoms with Crippen molar-refractivity contribution >= 4 is 34.3 Å². The first-order valence-corrected chi connectivity index (χ1v) is 8.65. The van der Waals surface area contributed by atoms with Crippen LogP contribution in [0.5, 0.6) is 0 Å². The molecule has 24 heavy (non-hydrogen) atoms. The third-order valence-electron chi connectivity index (χ3n) is 3.42. The number of carbonyl (C=O) groups is 1. The van der Waals surface area contributed by atoms with Gasteiger partial charge in [0.1, 0.15) is 12.0 Å². The Balaban J connectivity index is 1.93. The van der Waals surface area contributed by atoms with Gasteiger partial charge in [0, 0.05) is 10.8 Å². The van der Waals surface area contributed by atoms with Crippen molar-refractivity contribution in [3.05, 3.63) is 41.3 Å². The lowest BCUT2D eigenvalue weighted by molar-refractivity contribution is 0.205. The second kappa shape index (κ2) is 6.66. The van der Waals surface area contributed by atoms with E-state index < -0.39 is 16.9 Å². The molecular formula is C15H13ClN4O3S. The van der Waals surface area contributed by atoms with Gasteiger partial charge in [-0.25, -0.2) is 14.8 Å². The number of hydrogen-bond acceptors (Lipinski definition) is 4. The number of halogens is 1. The van der Waals surface area contributed by atoms with Crippen LogP contribution in [0.3, 0.4) is 0 Å². The van der Waals surface area contributed by atoms with Gasteiger partial charge >= 0.3 is 6.09 Å². The van der Waals surface area contributed by atoms with Crippen LogP contribution in [0.2, 0.25) is 5.02 Å². The molecule has 3 N–H and O–H groups in total. The highest BCUT2D eigenvalue weighted by Gasteiger charge is 2.30. The van der Waals surface area contributed by atoms with E-state index in [0.717, 1.165) is 12.8 Å². The fourth-order valence-corrected chi connectivity index (χ4v) is 3.89. The van der Waals surface area contributed by atoms with Crippen molar-refractivity contribution in [2.75, 3.05) is 0 Å². The number of amides is 1. The molecule has 7 nitrogen and oxygen atoms in total. The van der Waals surface area contributed by atoms with Crippen LogP contribution in [0.1, 0.15) is 18.5 Å². The van der Waals surface area contributed by atoms with Crippen molar-refractivity contribution in [1.29, 1.82) is 0 Å². The van der Waals surface area contributed by atoms with E-state index in [0.29, 0.717) is 21.2 Å². The van der Waals surface area contributed by atoms with E-state index in [4.69, 9.17) is 22.4 Å². The summed E-state index contributed by atoms with van der Waals surface area (Å²) in [6.45, 7) is 0. The number of nitrogens with zero attached hydrogens (tertiary/aromatic N) is 3. The van der Waals surface area contributed by atoms with Crippen LogP contribution in [0, 0.1) is 0 Å². The summed E-state index contributed by atoms with van der Waals surface area (Å²) < 4.78 is 12.2. The van der Waals surface area contributed by atoms with Crippen molar-refractivity contribution in [3.8, 4) is 11.3 Å². The maximum Gasteiger partial charge on any atom is 0.433 e. The molecular weight excluding hydrogens is 352 g/mol. The van der Waals surface area contributed by atoms with Gasteiger partial charge in [0.15, 0.2) is 5.84 Å². The van der Waals surface area contributed by atoms with E-state index in [2.05, 4.69) is 15.0 Å². The van der Waals surface area contributed by atoms with Crippen LogP contribution in [0.4, 0.5) is 4.79 Å². The Morgan fingerprint density at radius 2 is 2.08 bits per heavy atom. The van der Waals surface area contributed by atoms with Crippen LogP contribution in [0.25, 0.3) is 11.3 Å². The molecule has 1 saturated carbocycles. The summed E-state index contributed by atoms with van der Waals surface area (Å²) in [6, 6.07) is 6.68. The zero-order valence-electron chi connectivity index (χ0n) is 12.3. The van der Waals surface area contributed by atoms with Gasteiger partial charge in [-0.3, -0.25) is 4.21 Å². The van der Waals surface area contributed by atoms with Gasteiger partial charge in [-0.2, -0.15) is 4.99 Å². The monoisotopic (exact) mass is 364 g/mol. The van der Waals surface area contributed by atoms with Crippen LogP contribution < -0.4 is 5.73 Å². The molecule has 1 atom stereocenters. The molecule has 1 heterocycles. The van der Waals surface area contributed by atoms with Gasteiger partial charge < -0.3 is 10.8 Å². The van der Waals surface area contributed by atoms with Gasteiger partial charge in [0.2, 0.25) is 0 Å². The average molecular weight is 365 g/mol. The van der Waals surface area contributed by atoms with E-state index in [9.17, 15) is 9.00 Å². The molecule has 1 amide bonds. The predicted octanol–water partition coefficient (Wildman–Crippen LogP) is 2.45. The Hall–Kier alpha value is -2.32. The summed E-state index contributed by atoms with van der Waals surface area (Å²) in [5.41, 5.74) is 6.98. The largest absolute Gasteiger partial charge is 0.463 e. The summed E-state index contributed by atoms with van der Waals surface area (Å²) in [7, 11) is -1.09. The fourth-order valence-electron chi connectivity index (χ4n) is 2.10. The number of rotatable bonds is 4. The molecule has 1 aromatic carbocycles. The topological polar surface area (TPSA) is 119 Å². The average Bonchev–Trinajstić information content (AvgIpc) is 3.38. The highest BCUT2D eigenvalue weighted by molar-refractivity contribution is 7.86. The number of aromatic nitrogens is 2. The van der Waals surface area contributed by atoms with Crippen LogP contribution in [-0.2, 0) is 10.8 Å². The minimum atomic E-state index is -1.40. The molecule has 0 radical (unpaired) electrons. The SMILES string of the molecule is NC(=NC(=O)O)c1cc(-c2ccc(S(=O)C3CC3)c(Cl)c2)ncn1. The lowest BCUT2D eigenvalue weighted by Gasteiger charge is -2.07. The van der Waals surface area contributed by atoms with Gasteiger partial charge in [0.05, 0.1) is 26.4 Å². The van der Waals surface area contributed by atoms with Gasteiger partial charge in [0.25, 0.3) is 0 Å². The van der Waals surface area contributed by atoms with E-state index in [1.807, 2.05) is 0 Å². The molecule has 1 aromatic heterocycles. The quantitative estimate of drug-likeness (QED) is 0.635. The van der Waals surface area contributed by atoms with Crippen molar-refractivity contribution in [3.63, 3.8) is 0 Å². The number of aliphatic imine (C=N–C) groups is 1. The second-order valence-electron chi connectivity index (χ2n) is 5.21. The number of amidine groups is 1. The minimum absolute atomic E-state index is 0.198. The number of carboxylic acid groups (broad SMARTS) is 1. The number of hydrogen-bond donors (Lipinski definition) is 2. The molecule has 0 bridgehead atoms. The van der Waals surface area contributed by atoms with Crippen LogP contribution in [0.15, 0.2) is 40.5 Å². The first-order chi connectivity index (χ1) is 11.5. The lowest BCUT2D eigenvalue weighted by atomic mass is 10.1. The summed E-state index contributed by atoms with van der Waals surface area (Å²) in [5, 5.41) is 9.25. The highest BCUT2D eigenvalue weighted by atomic mass is 35.5. The second-order valence-corrected chi connectivity index (χ2v) is 7.32. The molecule has 0 spiro atoms.